The molecule has 0 spiro atoms. The molecule has 146 valence electrons. The molecule has 4 bridgehead atoms. The van der Waals surface area contributed by atoms with E-state index >= 15 is 0 Å². The second-order valence-electron chi connectivity index (χ2n) is 9.07. The smallest absolute Gasteiger partial charge is 0.251 e. The average Bonchev–Trinajstić information content (AvgIpc) is 2.63. The van der Waals surface area contributed by atoms with E-state index in [2.05, 4.69) is 10.6 Å². The number of rotatable bonds is 6. The molecule has 0 unspecified atom stereocenters. The van der Waals surface area contributed by atoms with Gasteiger partial charge in [-0.3, -0.25) is 9.59 Å². The van der Waals surface area contributed by atoms with E-state index in [0.29, 0.717) is 23.3 Å². The third kappa shape index (κ3) is 3.62. The van der Waals surface area contributed by atoms with Crippen LogP contribution in [0.5, 0.6) is 0 Å². The van der Waals surface area contributed by atoms with Crippen molar-refractivity contribution in [3.8, 4) is 0 Å². The molecular formula is C22H30N2O3. The van der Waals surface area contributed by atoms with Crippen LogP contribution < -0.4 is 10.6 Å². The van der Waals surface area contributed by atoms with Gasteiger partial charge < -0.3 is 15.7 Å². The zero-order chi connectivity index (χ0) is 19.0. The number of amides is 2. The monoisotopic (exact) mass is 370 g/mol. The molecule has 0 saturated heterocycles. The van der Waals surface area contributed by atoms with E-state index in [1.807, 2.05) is 31.2 Å². The van der Waals surface area contributed by atoms with Gasteiger partial charge in [-0.1, -0.05) is 17.7 Å². The van der Waals surface area contributed by atoms with Crippen molar-refractivity contribution < 1.29 is 14.7 Å². The minimum absolute atomic E-state index is 0.0920. The maximum atomic E-state index is 13.0. The predicted octanol–water partition coefficient (Wildman–Crippen LogP) is 2.42. The summed E-state index contributed by atoms with van der Waals surface area (Å²) >= 11 is 0. The van der Waals surface area contributed by atoms with Crippen molar-refractivity contribution >= 4 is 11.8 Å². The van der Waals surface area contributed by atoms with Crippen LogP contribution in [0.15, 0.2) is 24.3 Å². The lowest BCUT2D eigenvalue weighted by atomic mass is 9.47. The van der Waals surface area contributed by atoms with Crippen LogP contribution in [0.25, 0.3) is 0 Å². The third-order valence-corrected chi connectivity index (χ3v) is 6.96. The summed E-state index contributed by atoms with van der Waals surface area (Å²) in [7, 11) is 0. The van der Waals surface area contributed by atoms with Crippen LogP contribution in [0.3, 0.4) is 0 Å². The van der Waals surface area contributed by atoms with E-state index in [9.17, 15) is 9.59 Å². The summed E-state index contributed by atoms with van der Waals surface area (Å²) in [5.74, 6) is 1.75. The Bertz CT molecular complexity index is 677. The van der Waals surface area contributed by atoms with Gasteiger partial charge in [-0.25, -0.2) is 0 Å². The van der Waals surface area contributed by atoms with Gasteiger partial charge in [-0.05, 0) is 75.3 Å². The summed E-state index contributed by atoms with van der Waals surface area (Å²) < 4.78 is 0. The first-order chi connectivity index (χ1) is 13.0. The first-order valence-corrected chi connectivity index (χ1v) is 10.3. The molecule has 0 heterocycles. The van der Waals surface area contributed by atoms with E-state index in [4.69, 9.17) is 5.11 Å². The van der Waals surface area contributed by atoms with Crippen molar-refractivity contribution in [2.45, 2.75) is 51.5 Å². The Kier molecular flexibility index (Phi) is 4.97. The Morgan fingerprint density at radius 2 is 1.63 bits per heavy atom. The van der Waals surface area contributed by atoms with Gasteiger partial charge in [-0.2, -0.15) is 0 Å². The Labute approximate surface area is 160 Å². The molecule has 1 aromatic rings. The molecule has 0 aromatic heterocycles. The zero-order valence-electron chi connectivity index (χ0n) is 16.0. The van der Waals surface area contributed by atoms with Gasteiger partial charge in [0.2, 0.25) is 5.91 Å². The number of aryl methyl sites for hydroxylation is 1. The molecule has 1 atom stereocenters. The molecule has 2 amide bonds. The molecule has 5 nitrogen and oxygen atoms in total. The fraction of sp³-hybridized carbons (Fsp3) is 0.636. The van der Waals surface area contributed by atoms with E-state index in [1.54, 1.807) is 0 Å². The van der Waals surface area contributed by atoms with Gasteiger partial charge in [-0.15, -0.1) is 0 Å². The van der Waals surface area contributed by atoms with Crippen LogP contribution in [0.1, 0.15) is 54.4 Å². The van der Waals surface area contributed by atoms with E-state index in [1.165, 1.54) is 19.3 Å². The Morgan fingerprint density at radius 1 is 1.07 bits per heavy atom. The molecule has 1 aromatic carbocycles. The standard InChI is InChI=1S/C22H30N2O3/c1-14-2-4-18(5-3-14)20(26)24-19(21(27)23-6-7-25)22-11-15-8-16(12-22)10-17(9-15)13-22/h2-5,15-17,19,25H,6-13H2,1H3,(H,23,27)(H,24,26)/t15?,16?,17?,19-,22?/m1/s1. The number of carbonyl (C=O) groups is 2. The number of nitrogens with one attached hydrogen (secondary N) is 2. The van der Waals surface area contributed by atoms with Gasteiger partial charge in [0.1, 0.15) is 6.04 Å². The van der Waals surface area contributed by atoms with Crippen LogP contribution in [0.2, 0.25) is 0 Å². The maximum Gasteiger partial charge on any atom is 0.251 e. The van der Waals surface area contributed by atoms with Gasteiger partial charge in [0.15, 0.2) is 0 Å². The largest absolute Gasteiger partial charge is 0.395 e. The van der Waals surface area contributed by atoms with Gasteiger partial charge in [0.05, 0.1) is 6.61 Å². The van der Waals surface area contributed by atoms with Crippen molar-refractivity contribution in [1.82, 2.24) is 10.6 Å². The highest BCUT2D eigenvalue weighted by Crippen LogP contribution is 2.61. The van der Waals surface area contributed by atoms with Crippen LogP contribution in [0, 0.1) is 30.1 Å². The fourth-order valence-corrected chi connectivity index (χ4v) is 6.23. The highest BCUT2D eigenvalue weighted by Gasteiger charge is 2.56. The molecule has 4 fully saturated rings. The molecular weight excluding hydrogens is 340 g/mol. The molecule has 27 heavy (non-hydrogen) atoms. The zero-order valence-corrected chi connectivity index (χ0v) is 16.0. The summed E-state index contributed by atoms with van der Waals surface area (Å²) in [5, 5.41) is 15.0. The average molecular weight is 370 g/mol. The summed E-state index contributed by atoms with van der Waals surface area (Å²) in [6, 6.07) is 6.94. The van der Waals surface area contributed by atoms with Crippen molar-refractivity contribution in [2.24, 2.45) is 23.2 Å². The van der Waals surface area contributed by atoms with Gasteiger partial charge >= 0.3 is 0 Å². The van der Waals surface area contributed by atoms with E-state index in [-0.39, 0.29) is 30.4 Å². The molecule has 0 aliphatic heterocycles. The Morgan fingerprint density at radius 3 is 2.15 bits per heavy atom. The third-order valence-electron chi connectivity index (χ3n) is 6.96. The SMILES string of the molecule is Cc1ccc(C(=O)N[C@H](C(=O)NCCO)C23CC4CC(CC(C4)C2)C3)cc1. The molecule has 5 heteroatoms. The first kappa shape index (κ1) is 18.5. The van der Waals surface area contributed by atoms with Crippen LogP contribution in [-0.2, 0) is 4.79 Å². The molecule has 4 aliphatic carbocycles. The topological polar surface area (TPSA) is 78.4 Å². The fourth-order valence-electron chi connectivity index (χ4n) is 6.23. The lowest BCUT2D eigenvalue weighted by molar-refractivity contribution is -0.134. The predicted molar refractivity (Wildman–Crippen MR) is 103 cm³/mol. The van der Waals surface area contributed by atoms with Crippen LogP contribution >= 0.6 is 0 Å². The molecule has 5 rings (SSSR count). The number of hydrogen-bond acceptors (Lipinski definition) is 3. The first-order valence-electron chi connectivity index (χ1n) is 10.3. The molecule has 3 N–H and O–H groups in total. The number of aliphatic hydroxyl groups excluding tert-OH is 1. The van der Waals surface area contributed by atoms with Crippen LogP contribution in [0.4, 0.5) is 0 Å². The van der Waals surface area contributed by atoms with Crippen molar-refractivity contribution in [1.29, 1.82) is 0 Å². The van der Waals surface area contributed by atoms with Crippen molar-refractivity contribution in [2.75, 3.05) is 13.2 Å². The number of hydrogen-bond donors (Lipinski definition) is 3. The number of carbonyl (C=O) groups excluding carboxylic acids is 2. The summed E-state index contributed by atoms with van der Waals surface area (Å²) in [6.45, 7) is 2.12. The Hall–Kier alpha value is -1.88. The summed E-state index contributed by atoms with van der Waals surface area (Å²) in [4.78, 5) is 25.9. The van der Waals surface area contributed by atoms with E-state index < -0.39 is 6.04 Å². The summed E-state index contributed by atoms with van der Waals surface area (Å²) in [5.41, 5.74) is 1.56. The van der Waals surface area contributed by atoms with Gasteiger partial charge in [0.25, 0.3) is 5.91 Å². The minimum atomic E-state index is -0.522. The highest BCUT2D eigenvalue weighted by atomic mass is 16.3. The molecule has 4 saturated carbocycles. The van der Waals surface area contributed by atoms with E-state index in [0.717, 1.165) is 24.8 Å². The molecule has 4 aliphatic rings. The lowest BCUT2D eigenvalue weighted by Crippen LogP contribution is -2.62. The van der Waals surface area contributed by atoms with Crippen molar-refractivity contribution in [3.05, 3.63) is 35.4 Å². The minimum Gasteiger partial charge on any atom is -0.395 e. The molecule has 0 radical (unpaired) electrons. The lowest BCUT2D eigenvalue weighted by Gasteiger charge is -2.58. The maximum absolute atomic E-state index is 13.0. The van der Waals surface area contributed by atoms with Crippen molar-refractivity contribution in [3.63, 3.8) is 0 Å². The normalized spacial score (nSPS) is 32.1. The summed E-state index contributed by atoms with van der Waals surface area (Å²) in [6.07, 6.45) is 6.96. The second-order valence-corrected chi connectivity index (χ2v) is 9.07. The highest BCUT2D eigenvalue weighted by molar-refractivity contribution is 5.97. The van der Waals surface area contributed by atoms with Gasteiger partial charge in [0, 0.05) is 17.5 Å². The number of aliphatic hydroxyl groups is 1. The van der Waals surface area contributed by atoms with Crippen LogP contribution in [-0.4, -0.2) is 36.1 Å². The quantitative estimate of drug-likeness (QED) is 0.720. The second kappa shape index (κ2) is 7.27. The Balaban J connectivity index is 1.58. The number of benzene rings is 1.